The molecule has 3 heterocycles. The molecule has 3 aromatic rings. The van der Waals surface area contributed by atoms with Crippen LogP contribution in [0.5, 0.6) is 0 Å². The van der Waals surface area contributed by atoms with E-state index < -0.39 is 29.8 Å². The minimum Gasteiger partial charge on any atom is -0.456 e. The van der Waals surface area contributed by atoms with Crippen molar-refractivity contribution in [3.8, 4) is 0 Å². The molecule has 0 saturated heterocycles. The number of aromatic amines is 1. The van der Waals surface area contributed by atoms with Crippen molar-refractivity contribution in [2.75, 3.05) is 0 Å². The van der Waals surface area contributed by atoms with Gasteiger partial charge in [0.2, 0.25) is 5.91 Å². The summed E-state index contributed by atoms with van der Waals surface area (Å²) in [6, 6.07) is 6.53. The summed E-state index contributed by atoms with van der Waals surface area (Å²) in [5.74, 6) is -1.15. The van der Waals surface area contributed by atoms with Crippen LogP contribution >= 0.6 is 0 Å². The first-order valence-electron chi connectivity index (χ1n) is 9.50. The van der Waals surface area contributed by atoms with Crippen molar-refractivity contribution in [1.29, 1.82) is 0 Å². The summed E-state index contributed by atoms with van der Waals surface area (Å²) in [5.41, 5.74) is -1.24. The molecule has 9 nitrogen and oxygen atoms in total. The standard InChI is InChI=1S/C20H17F3N6O3/c1-11(30)27-16(6-12-7-24-15-5-3-2-4-14(12)15)18(31)32-10-17-25-8-13(9-26-17)19(28-29-19)20(21,22)23/h2-5,7-9,16,24H,6,10H2,1H3,(H,27,30)/t16-/m0/s1. The summed E-state index contributed by atoms with van der Waals surface area (Å²) >= 11 is 0. The zero-order valence-corrected chi connectivity index (χ0v) is 16.7. The Labute approximate surface area is 179 Å². The number of carbonyl (C=O) groups is 2. The summed E-state index contributed by atoms with van der Waals surface area (Å²) in [6.45, 7) is 0.901. The number of benzene rings is 1. The van der Waals surface area contributed by atoms with Crippen LogP contribution in [0.2, 0.25) is 0 Å². The third-order valence-corrected chi connectivity index (χ3v) is 4.91. The van der Waals surface area contributed by atoms with Crippen LogP contribution in [0.4, 0.5) is 13.2 Å². The second-order valence-electron chi connectivity index (χ2n) is 7.18. The van der Waals surface area contributed by atoms with Crippen molar-refractivity contribution in [3.05, 3.63) is 59.8 Å². The molecule has 4 rings (SSSR count). The zero-order valence-electron chi connectivity index (χ0n) is 16.7. The fourth-order valence-corrected chi connectivity index (χ4v) is 3.25. The number of aromatic nitrogens is 3. The number of hydrogen-bond donors (Lipinski definition) is 2. The minimum atomic E-state index is -4.68. The average Bonchev–Trinajstić information content (AvgIpc) is 3.49. The predicted octanol–water partition coefficient (Wildman–Crippen LogP) is 2.93. The Bertz CT molecular complexity index is 1180. The maximum Gasteiger partial charge on any atom is 0.442 e. The summed E-state index contributed by atoms with van der Waals surface area (Å²) in [5, 5.41) is 9.62. The molecule has 166 valence electrons. The van der Waals surface area contributed by atoms with Crippen molar-refractivity contribution in [2.24, 2.45) is 10.2 Å². The second kappa shape index (κ2) is 8.02. The van der Waals surface area contributed by atoms with E-state index in [2.05, 4.69) is 30.5 Å². The SMILES string of the molecule is CC(=O)N[C@@H](Cc1c[nH]c2ccccc12)C(=O)OCc1ncc(C2(C(F)(F)F)N=N2)cn1. The van der Waals surface area contributed by atoms with E-state index in [1.54, 1.807) is 6.20 Å². The topological polar surface area (TPSA) is 122 Å². The Morgan fingerprint density at radius 1 is 1.19 bits per heavy atom. The first-order chi connectivity index (χ1) is 15.2. The molecule has 2 aromatic heterocycles. The molecule has 0 spiro atoms. The van der Waals surface area contributed by atoms with E-state index in [-0.39, 0.29) is 24.4 Å². The van der Waals surface area contributed by atoms with E-state index in [4.69, 9.17) is 4.74 Å². The Balaban J connectivity index is 1.42. The Morgan fingerprint density at radius 2 is 1.88 bits per heavy atom. The number of hydrogen-bond acceptors (Lipinski definition) is 7. The van der Waals surface area contributed by atoms with Crippen LogP contribution in [0.1, 0.15) is 23.9 Å². The summed E-state index contributed by atoms with van der Waals surface area (Å²) in [7, 11) is 0. The highest BCUT2D eigenvalue weighted by Crippen LogP contribution is 2.51. The summed E-state index contributed by atoms with van der Waals surface area (Å²) in [4.78, 5) is 34.9. The molecule has 1 amide bonds. The number of halogens is 3. The van der Waals surface area contributed by atoms with Gasteiger partial charge in [-0.1, -0.05) is 18.2 Å². The van der Waals surface area contributed by atoms with Crippen LogP contribution in [-0.4, -0.2) is 39.0 Å². The lowest BCUT2D eigenvalue weighted by atomic mass is 10.0. The van der Waals surface area contributed by atoms with Gasteiger partial charge in [-0.05, 0) is 11.6 Å². The van der Waals surface area contributed by atoms with E-state index in [0.717, 1.165) is 28.9 Å². The first-order valence-corrected chi connectivity index (χ1v) is 9.50. The Morgan fingerprint density at radius 3 is 2.50 bits per heavy atom. The van der Waals surface area contributed by atoms with E-state index in [0.29, 0.717) is 0 Å². The fraction of sp³-hybridized carbons (Fsp3) is 0.300. The second-order valence-corrected chi connectivity index (χ2v) is 7.18. The number of amides is 1. The van der Waals surface area contributed by atoms with Crippen LogP contribution in [0.15, 0.2) is 53.1 Å². The molecule has 0 fully saturated rings. The number of nitrogens with zero attached hydrogens (tertiary/aromatic N) is 4. The maximum absolute atomic E-state index is 13.0. The van der Waals surface area contributed by atoms with Gasteiger partial charge in [-0.2, -0.15) is 13.2 Å². The number of para-hydroxylation sites is 1. The largest absolute Gasteiger partial charge is 0.456 e. The number of rotatable bonds is 7. The number of alkyl halides is 3. The quantitative estimate of drug-likeness (QED) is 0.541. The summed E-state index contributed by atoms with van der Waals surface area (Å²) < 4.78 is 44.3. The highest BCUT2D eigenvalue weighted by Gasteiger charge is 2.65. The number of H-pyrrole nitrogens is 1. The molecule has 1 aromatic carbocycles. The highest BCUT2D eigenvalue weighted by molar-refractivity contribution is 5.86. The third-order valence-electron chi connectivity index (χ3n) is 4.91. The number of nitrogens with one attached hydrogen (secondary N) is 2. The first kappa shape index (κ1) is 21.4. The van der Waals surface area contributed by atoms with E-state index in [9.17, 15) is 22.8 Å². The lowest BCUT2D eigenvalue weighted by Gasteiger charge is -2.17. The van der Waals surface area contributed by atoms with Crippen LogP contribution in [-0.2, 0) is 33.0 Å². The van der Waals surface area contributed by atoms with E-state index >= 15 is 0 Å². The van der Waals surface area contributed by atoms with E-state index in [1.165, 1.54) is 6.92 Å². The van der Waals surface area contributed by atoms with Crippen LogP contribution < -0.4 is 5.32 Å². The molecule has 2 N–H and O–H groups in total. The minimum absolute atomic E-state index is 0.00579. The van der Waals surface area contributed by atoms with Crippen LogP contribution in [0.25, 0.3) is 10.9 Å². The zero-order chi connectivity index (χ0) is 22.9. The Hall–Kier alpha value is -3.83. The fourth-order valence-electron chi connectivity index (χ4n) is 3.25. The van der Waals surface area contributed by atoms with Gasteiger partial charge < -0.3 is 15.0 Å². The normalized spacial score (nSPS) is 15.4. The molecule has 0 aliphatic carbocycles. The average molecular weight is 446 g/mol. The van der Waals surface area contributed by atoms with Gasteiger partial charge in [0, 0.05) is 42.8 Å². The molecule has 1 aliphatic heterocycles. The maximum atomic E-state index is 13.0. The lowest BCUT2D eigenvalue weighted by Crippen LogP contribution is -2.42. The van der Waals surface area contributed by atoms with Gasteiger partial charge in [-0.15, -0.1) is 10.2 Å². The van der Waals surface area contributed by atoms with Gasteiger partial charge in [0.05, 0.1) is 5.56 Å². The smallest absolute Gasteiger partial charge is 0.442 e. The molecule has 0 bridgehead atoms. The molecule has 0 unspecified atom stereocenters. The third kappa shape index (κ3) is 4.15. The number of ether oxygens (including phenoxy) is 1. The molecule has 32 heavy (non-hydrogen) atoms. The highest BCUT2D eigenvalue weighted by atomic mass is 19.4. The van der Waals surface area contributed by atoms with Crippen LogP contribution in [0, 0.1) is 0 Å². The van der Waals surface area contributed by atoms with Crippen molar-refractivity contribution >= 4 is 22.8 Å². The van der Waals surface area contributed by atoms with Gasteiger partial charge in [0.15, 0.2) is 12.4 Å². The number of esters is 1. The molecule has 1 atom stereocenters. The van der Waals surface area contributed by atoms with Crippen molar-refractivity contribution < 1.29 is 27.5 Å². The molecule has 12 heteroatoms. The van der Waals surface area contributed by atoms with Crippen molar-refractivity contribution in [1.82, 2.24) is 20.3 Å². The lowest BCUT2D eigenvalue weighted by molar-refractivity contribution is -0.166. The van der Waals surface area contributed by atoms with E-state index in [1.807, 2.05) is 24.3 Å². The molecular formula is C20H17F3N6O3. The summed E-state index contributed by atoms with van der Waals surface area (Å²) in [6.07, 6.45) is -0.863. The van der Waals surface area contributed by atoms with Crippen molar-refractivity contribution in [2.45, 2.75) is 37.8 Å². The Kier molecular flexibility index (Phi) is 5.36. The van der Waals surface area contributed by atoms with Crippen molar-refractivity contribution in [3.63, 3.8) is 0 Å². The molecular weight excluding hydrogens is 429 g/mol. The van der Waals surface area contributed by atoms with Gasteiger partial charge in [-0.25, -0.2) is 14.8 Å². The van der Waals surface area contributed by atoms with Gasteiger partial charge in [0.25, 0.3) is 0 Å². The van der Waals surface area contributed by atoms with Gasteiger partial charge >= 0.3 is 17.8 Å². The predicted molar refractivity (Wildman–Crippen MR) is 104 cm³/mol. The molecule has 0 radical (unpaired) electrons. The molecule has 1 aliphatic rings. The molecule has 0 saturated carbocycles. The van der Waals surface area contributed by atoms with Gasteiger partial charge in [-0.3, -0.25) is 4.79 Å². The number of carbonyl (C=O) groups excluding carboxylic acids is 2. The monoisotopic (exact) mass is 446 g/mol. The number of fused-ring (bicyclic) bond motifs is 1. The van der Waals surface area contributed by atoms with Gasteiger partial charge in [0.1, 0.15) is 6.04 Å². The van der Waals surface area contributed by atoms with Crippen LogP contribution in [0.3, 0.4) is 0 Å².